The maximum Gasteiger partial charge on any atom is 0.208 e. The lowest BCUT2D eigenvalue weighted by Gasteiger charge is -2.00. The van der Waals surface area contributed by atoms with Gasteiger partial charge in [0.25, 0.3) is 0 Å². The average Bonchev–Trinajstić information content (AvgIpc) is 2.84. The van der Waals surface area contributed by atoms with Crippen molar-refractivity contribution in [2.75, 3.05) is 20.3 Å². The van der Waals surface area contributed by atoms with Gasteiger partial charge >= 0.3 is 0 Å². The Balaban J connectivity index is 2.00. The number of ether oxygens (including phenoxy) is 1. The van der Waals surface area contributed by atoms with Gasteiger partial charge in [-0.25, -0.2) is 9.37 Å². The summed E-state index contributed by atoms with van der Waals surface area (Å²) in [6, 6.07) is 6.46. The number of rotatable bonds is 6. The van der Waals surface area contributed by atoms with Crippen LogP contribution in [-0.2, 0) is 11.3 Å². The highest BCUT2D eigenvalue weighted by Gasteiger charge is 2.09. The molecule has 4 nitrogen and oxygen atoms in total. The summed E-state index contributed by atoms with van der Waals surface area (Å²) in [5.41, 5.74) is 0.424. The van der Waals surface area contributed by atoms with E-state index in [0.29, 0.717) is 36.9 Å². The van der Waals surface area contributed by atoms with Crippen LogP contribution in [-0.4, -0.2) is 25.2 Å². The van der Waals surface area contributed by atoms with E-state index < -0.39 is 0 Å². The fraction of sp³-hybridized carbons (Fsp3) is 0.308. The topological polar surface area (TPSA) is 47.3 Å². The van der Waals surface area contributed by atoms with Gasteiger partial charge < -0.3 is 14.5 Å². The fourth-order valence-electron chi connectivity index (χ4n) is 1.55. The zero-order valence-corrected chi connectivity index (χ0v) is 10.1. The van der Waals surface area contributed by atoms with E-state index in [9.17, 15) is 4.39 Å². The molecule has 2 aromatic rings. The Labute approximate surface area is 105 Å². The first-order valence-electron chi connectivity index (χ1n) is 5.70. The molecule has 0 spiro atoms. The van der Waals surface area contributed by atoms with Gasteiger partial charge in [0, 0.05) is 13.7 Å². The molecule has 0 saturated heterocycles. The smallest absolute Gasteiger partial charge is 0.208 e. The molecule has 0 aliphatic heterocycles. The van der Waals surface area contributed by atoms with Gasteiger partial charge in [0.2, 0.25) is 5.89 Å². The summed E-state index contributed by atoms with van der Waals surface area (Å²) in [7, 11) is 1.64. The van der Waals surface area contributed by atoms with Crippen LogP contribution in [0.5, 0.6) is 0 Å². The van der Waals surface area contributed by atoms with E-state index in [2.05, 4.69) is 10.3 Å². The molecule has 0 saturated carbocycles. The summed E-state index contributed by atoms with van der Waals surface area (Å²) in [5, 5.41) is 3.11. The number of benzene rings is 1. The molecule has 0 bridgehead atoms. The zero-order valence-electron chi connectivity index (χ0n) is 10.1. The Bertz CT molecular complexity index is 499. The third-order valence-corrected chi connectivity index (χ3v) is 2.45. The summed E-state index contributed by atoms with van der Waals surface area (Å²) in [6.07, 6.45) is 1.53. The second kappa shape index (κ2) is 6.28. The molecule has 96 valence electrons. The summed E-state index contributed by atoms with van der Waals surface area (Å²) in [5.74, 6) is 0.661. The van der Waals surface area contributed by atoms with Gasteiger partial charge in [-0.05, 0) is 12.1 Å². The number of aromatic nitrogens is 1. The standard InChI is InChI=1S/C13H15FN2O2/c1-17-7-6-15-9-13-16-8-12(18-13)10-4-2-3-5-11(10)14/h2-5,8,15H,6-7,9H2,1H3. The quantitative estimate of drug-likeness (QED) is 0.798. The average molecular weight is 250 g/mol. The van der Waals surface area contributed by atoms with Crippen LogP contribution in [0.15, 0.2) is 34.9 Å². The molecule has 0 unspecified atom stereocenters. The molecule has 1 heterocycles. The Morgan fingerprint density at radius 2 is 2.22 bits per heavy atom. The van der Waals surface area contributed by atoms with E-state index in [1.807, 2.05) is 0 Å². The number of nitrogens with one attached hydrogen (secondary N) is 1. The molecule has 0 aliphatic carbocycles. The molecule has 0 aliphatic rings. The largest absolute Gasteiger partial charge is 0.439 e. The Morgan fingerprint density at radius 3 is 3.00 bits per heavy atom. The van der Waals surface area contributed by atoms with Gasteiger partial charge in [-0.2, -0.15) is 0 Å². The second-order valence-corrected chi connectivity index (χ2v) is 3.77. The lowest BCUT2D eigenvalue weighted by Crippen LogP contribution is -2.18. The number of methoxy groups -OCH3 is 1. The van der Waals surface area contributed by atoms with Crippen LogP contribution in [0.4, 0.5) is 4.39 Å². The van der Waals surface area contributed by atoms with Gasteiger partial charge in [-0.3, -0.25) is 0 Å². The third kappa shape index (κ3) is 3.15. The molecule has 0 atom stereocenters. The van der Waals surface area contributed by atoms with Crippen LogP contribution in [0, 0.1) is 5.82 Å². The van der Waals surface area contributed by atoms with Crippen molar-refractivity contribution in [1.82, 2.24) is 10.3 Å². The van der Waals surface area contributed by atoms with Crippen LogP contribution >= 0.6 is 0 Å². The third-order valence-electron chi connectivity index (χ3n) is 2.45. The van der Waals surface area contributed by atoms with Gasteiger partial charge in [-0.1, -0.05) is 12.1 Å². The molecule has 0 radical (unpaired) electrons. The monoisotopic (exact) mass is 250 g/mol. The number of hydrogen-bond donors (Lipinski definition) is 1. The Hall–Kier alpha value is -1.72. The van der Waals surface area contributed by atoms with Crippen molar-refractivity contribution in [3.05, 3.63) is 42.2 Å². The molecule has 5 heteroatoms. The molecule has 1 aromatic carbocycles. The van der Waals surface area contributed by atoms with E-state index in [1.54, 1.807) is 25.3 Å². The summed E-state index contributed by atoms with van der Waals surface area (Å²) in [6.45, 7) is 1.84. The van der Waals surface area contributed by atoms with Gasteiger partial charge in [-0.15, -0.1) is 0 Å². The molecular formula is C13H15FN2O2. The molecule has 18 heavy (non-hydrogen) atoms. The lowest BCUT2D eigenvalue weighted by molar-refractivity contribution is 0.198. The van der Waals surface area contributed by atoms with Crippen molar-refractivity contribution in [2.45, 2.75) is 6.54 Å². The molecule has 1 N–H and O–H groups in total. The van der Waals surface area contributed by atoms with E-state index in [4.69, 9.17) is 9.15 Å². The van der Waals surface area contributed by atoms with Crippen molar-refractivity contribution >= 4 is 0 Å². The van der Waals surface area contributed by atoms with E-state index >= 15 is 0 Å². The van der Waals surface area contributed by atoms with Crippen LogP contribution < -0.4 is 5.32 Å². The van der Waals surface area contributed by atoms with Crippen LogP contribution in [0.2, 0.25) is 0 Å². The van der Waals surface area contributed by atoms with Crippen molar-refractivity contribution in [3.63, 3.8) is 0 Å². The second-order valence-electron chi connectivity index (χ2n) is 3.77. The first-order valence-corrected chi connectivity index (χ1v) is 5.70. The molecule has 1 aromatic heterocycles. The normalized spacial score (nSPS) is 10.8. The number of oxazole rings is 1. The minimum atomic E-state index is -0.312. The predicted octanol–water partition coefficient (Wildman–Crippen LogP) is 2.22. The highest BCUT2D eigenvalue weighted by Crippen LogP contribution is 2.22. The van der Waals surface area contributed by atoms with Gasteiger partial charge in [0.15, 0.2) is 5.76 Å². The van der Waals surface area contributed by atoms with Crippen molar-refractivity contribution in [2.24, 2.45) is 0 Å². The van der Waals surface area contributed by atoms with E-state index in [1.165, 1.54) is 12.3 Å². The SMILES string of the molecule is COCCNCc1ncc(-c2ccccc2F)o1. The Morgan fingerprint density at radius 1 is 1.39 bits per heavy atom. The Kier molecular flexibility index (Phi) is 4.44. The highest BCUT2D eigenvalue weighted by molar-refractivity contribution is 5.56. The van der Waals surface area contributed by atoms with Crippen LogP contribution in [0.3, 0.4) is 0 Å². The minimum absolute atomic E-state index is 0.312. The first kappa shape index (κ1) is 12.7. The van der Waals surface area contributed by atoms with Gasteiger partial charge in [0.1, 0.15) is 5.82 Å². The maximum absolute atomic E-state index is 13.5. The van der Waals surface area contributed by atoms with E-state index in [-0.39, 0.29) is 5.82 Å². The number of halogens is 1. The van der Waals surface area contributed by atoms with Gasteiger partial charge in [0.05, 0.1) is 24.9 Å². The predicted molar refractivity (Wildman–Crippen MR) is 65.5 cm³/mol. The molecule has 2 rings (SSSR count). The van der Waals surface area contributed by atoms with Crippen molar-refractivity contribution in [1.29, 1.82) is 0 Å². The molecule has 0 fully saturated rings. The van der Waals surface area contributed by atoms with Crippen molar-refractivity contribution in [3.8, 4) is 11.3 Å². The summed E-state index contributed by atoms with van der Waals surface area (Å²) < 4.78 is 23.9. The zero-order chi connectivity index (χ0) is 12.8. The van der Waals surface area contributed by atoms with E-state index in [0.717, 1.165) is 0 Å². The minimum Gasteiger partial charge on any atom is -0.439 e. The van der Waals surface area contributed by atoms with Crippen LogP contribution in [0.1, 0.15) is 5.89 Å². The summed E-state index contributed by atoms with van der Waals surface area (Å²) >= 11 is 0. The molecule has 0 amide bonds. The number of nitrogens with zero attached hydrogens (tertiary/aromatic N) is 1. The number of hydrogen-bond acceptors (Lipinski definition) is 4. The van der Waals surface area contributed by atoms with Crippen molar-refractivity contribution < 1.29 is 13.5 Å². The molecular weight excluding hydrogens is 235 g/mol. The fourth-order valence-corrected chi connectivity index (χ4v) is 1.55. The maximum atomic E-state index is 13.5. The lowest BCUT2D eigenvalue weighted by atomic mass is 10.2. The first-order chi connectivity index (χ1) is 8.81. The summed E-state index contributed by atoms with van der Waals surface area (Å²) in [4.78, 5) is 4.09. The van der Waals surface area contributed by atoms with Crippen LogP contribution in [0.25, 0.3) is 11.3 Å². The highest BCUT2D eigenvalue weighted by atomic mass is 19.1.